The third-order valence-electron chi connectivity index (χ3n) is 3.89. The van der Waals surface area contributed by atoms with Gasteiger partial charge in [-0.15, -0.1) is 0 Å². The molecule has 1 aromatic heterocycles. The second-order valence-corrected chi connectivity index (χ2v) is 5.17. The van der Waals surface area contributed by atoms with Gasteiger partial charge in [0.05, 0.1) is 18.1 Å². The number of hydrogen-bond donors (Lipinski definition) is 1. The summed E-state index contributed by atoms with van der Waals surface area (Å²) in [5.41, 5.74) is 1.73. The van der Waals surface area contributed by atoms with Crippen molar-refractivity contribution in [1.82, 2.24) is 14.9 Å². The first-order valence-corrected chi connectivity index (χ1v) is 7.09. The van der Waals surface area contributed by atoms with Crippen LogP contribution in [-0.2, 0) is 11.2 Å². The van der Waals surface area contributed by atoms with Crippen LogP contribution in [0.2, 0.25) is 0 Å². The number of aryl methyl sites for hydroxylation is 1. The normalized spacial score (nSPS) is 22.0. The number of nitrogens with one attached hydrogen (secondary N) is 1. The van der Waals surface area contributed by atoms with E-state index in [4.69, 9.17) is 5.41 Å². The summed E-state index contributed by atoms with van der Waals surface area (Å²) in [5, 5.41) is 7.40. The van der Waals surface area contributed by atoms with E-state index in [1.165, 1.54) is 11.1 Å². The Bertz CT molecular complexity index is 537. The maximum absolute atomic E-state index is 11.3. The highest BCUT2D eigenvalue weighted by Crippen LogP contribution is 2.34. The lowest BCUT2D eigenvalue weighted by Gasteiger charge is -2.23. The van der Waals surface area contributed by atoms with Gasteiger partial charge in [0.2, 0.25) is 5.95 Å². The third kappa shape index (κ3) is 3.00. The lowest BCUT2D eigenvalue weighted by molar-refractivity contribution is -0.111. The van der Waals surface area contributed by atoms with Gasteiger partial charge >= 0.3 is 0 Å². The molecule has 0 aliphatic carbocycles. The molecular weight excluding hydrogens is 266 g/mol. The molecule has 2 heterocycles. The van der Waals surface area contributed by atoms with E-state index in [2.05, 4.69) is 21.4 Å². The molecule has 0 amide bonds. The molecule has 112 valence electrons. The van der Waals surface area contributed by atoms with Crippen LogP contribution in [0.15, 0.2) is 18.8 Å². The summed E-state index contributed by atoms with van der Waals surface area (Å²) in [7, 11) is 2.00. The summed E-state index contributed by atoms with van der Waals surface area (Å²) >= 11 is 0. The quantitative estimate of drug-likeness (QED) is 0.490. The van der Waals surface area contributed by atoms with Gasteiger partial charge in [-0.05, 0) is 32.5 Å². The summed E-state index contributed by atoms with van der Waals surface area (Å²) in [6, 6.07) is 1.93. The van der Waals surface area contributed by atoms with E-state index in [9.17, 15) is 4.79 Å². The second-order valence-electron chi connectivity index (χ2n) is 5.17. The van der Waals surface area contributed by atoms with Crippen molar-refractivity contribution in [2.45, 2.75) is 25.8 Å². The highest BCUT2D eigenvalue weighted by molar-refractivity contribution is 5.75. The average molecular weight is 287 g/mol. The van der Waals surface area contributed by atoms with Crippen molar-refractivity contribution in [3.63, 3.8) is 0 Å². The van der Waals surface area contributed by atoms with Gasteiger partial charge in [-0.1, -0.05) is 13.5 Å². The van der Waals surface area contributed by atoms with Gasteiger partial charge in [-0.2, -0.15) is 0 Å². The van der Waals surface area contributed by atoms with Gasteiger partial charge < -0.3 is 4.79 Å². The molecule has 2 atom stereocenters. The largest absolute Gasteiger partial charge is 0.303 e. The molecular formula is C15H21N5O. The topological polar surface area (TPSA) is 73.2 Å². The molecule has 1 fully saturated rings. The Morgan fingerprint density at radius 1 is 1.57 bits per heavy atom. The summed E-state index contributed by atoms with van der Waals surface area (Å²) in [6.45, 7) is 6.57. The maximum atomic E-state index is 11.3. The molecule has 0 aromatic carbocycles. The number of carbonyl (C=O) groups excluding carboxylic acids is 1. The molecule has 1 N–H and O–H groups in total. The monoisotopic (exact) mass is 287 g/mol. The van der Waals surface area contributed by atoms with Crippen LogP contribution in [0.5, 0.6) is 0 Å². The Balaban J connectivity index is 2.47. The van der Waals surface area contributed by atoms with Gasteiger partial charge in [-0.25, -0.2) is 9.97 Å². The number of rotatable bonds is 6. The van der Waals surface area contributed by atoms with Crippen LogP contribution in [0.1, 0.15) is 30.8 Å². The van der Waals surface area contributed by atoms with Crippen molar-refractivity contribution >= 4 is 18.6 Å². The Hall–Kier alpha value is -2.08. The Kier molecular flexibility index (Phi) is 4.80. The van der Waals surface area contributed by atoms with E-state index < -0.39 is 0 Å². The lowest BCUT2D eigenvalue weighted by atomic mass is 9.98. The van der Waals surface area contributed by atoms with E-state index >= 15 is 0 Å². The van der Waals surface area contributed by atoms with Crippen LogP contribution in [0.3, 0.4) is 0 Å². The zero-order valence-electron chi connectivity index (χ0n) is 12.5. The van der Waals surface area contributed by atoms with E-state index in [0.29, 0.717) is 5.95 Å². The Morgan fingerprint density at radius 3 is 2.90 bits per heavy atom. The van der Waals surface area contributed by atoms with Crippen LogP contribution >= 0.6 is 0 Å². The molecule has 1 aliphatic rings. The molecule has 6 nitrogen and oxygen atoms in total. The van der Waals surface area contributed by atoms with E-state index in [0.717, 1.165) is 43.4 Å². The second kappa shape index (κ2) is 6.58. The number of anilines is 1. The van der Waals surface area contributed by atoms with Gasteiger partial charge in [-0.3, -0.25) is 15.2 Å². The van der Waals surface area contributed by atoms with Gasteiger partial charge in [0, 0.05) is 17.8 Å². The maximum Gasteiger partial charge on any atom is 0.235 e. The Labute approximate surface area is 125 Å². The fourth-order valence-electron chi connectivity index (χ4n) is 2.71. The first kappa shape index (κ1) is 15.3. The molecule has 0 radical (unpaired) electrons. The smallest absolute Gasteiger partial charge is 0.235 e. The molecule has 0 saturated carbocycles. The molecule has 2 unspecified atom stereocenters. The highest BCUT2D eigenvalue weighted by Gasteiger charge is 2.34. The predicted molar refractivity (Wildman–Crippen MR) is 82.4 cm³/mol. The summed E-state index contributed by atoms with van der Waals surface area (Å²) in [4.78, 5) is 23.9. The van der Waals surface area contributed by atoms with E-state index in [1.807, 2.05) is 20.0 Å². The minimum Gasteiger partial charge on any atom is -0.303 e. The summed E-state index contributed by atoms with van der Waals surface area (Å²) < 4.78 is 0. The molecule has 21 heavy (non-hydrogen) atoms. The van der Waals surface area contributed by atoms with Gasteiger partial charge in [0.25, 0.3) is 0 Å². The summed E-state index contributed by atoms with van der Waals surface area (Å²) in [6.07, 6.45) is 5.26. The molecule has 0 spiro atoms. The molecule has 1 aromatic rings. The van der Waals surface area contributed by atoms with E-state index in [1.54, 1.807) is 0 Å². The molecule has 0 bridgehead atoms. The lowest BCUT2D eigenvalue weighted by Crippen LogP contribution is -2.25. The minimum absolute atomic E-state index is 0.0213. The van der Waals surface area contributed by atoms with E-state index in [-0.39, 0.29) is 12.0 Å². The number of aldehydes is 1. The third-order valence-corrected chi connectivity index (χ3v) is 3.89. The average Bonchev–Trinajstić information content (AvgIpc) is 2.89. The van der Waals surface area contributed by atoms with Crippen molar-refractivity contribution in [1.29, 1.82) is 5.41 Å². The molecule has 6 heteroatoms. The number of nitrogens with zero attached hydrogens (tertiary/aromatic N) is 4. The number of carbonyl (C=O) groups is 1. The SMILES string of the molecule is C=CN(C=N)c1nc(CC)cc(C2C(C=O)CCN2C)n1. The minimum atomic E-state index is -0.0420. The fourth-order valence-corrected chi connectivity index (χ4v) is 2.71. The van der Waals surface area contributed by atoms with Crippen LogP contribution < -0.4 is 4.90 Å². The standard InChI is InChI=1S/C15H21N5O/c1-4-12-8-13(14-11(9-21)6-7-19(14)3)18-15(17-12)20(5-2)10-16/h5,8-11,14,16H,2,4,6-7H2,1,3H3. The zero-order valence-corrected chi connectivity index (χ0v) is 12.5. The van der Waals surface area contributed by atoms with Crippen molar-refractivity contribution in [3.05, 3.63) is 30.2 Å². The number of aromatic nitrogens is 2. The zero-order chi connectivity index (χ0) is 15.4. The van der Waals surface area contributed by atoms with Gasteiger partial charge in [0.15, 0.2) is 0 Å². The molecule has 2 rings (SSSR count). The van der Waals surface area contributed by atoms with Crippen LogP contribution in [-0.4, -0.2) is 41.1 Å². The van der Waals surface area contributed by atoms with Crippen molar-refractivity contribution in [3.8, 4) is 0 Å². The Morgan fingerprint density at radius 2 is 2.33 bits per heavy atom. The van der Waals surface area contributed by atoms with Gasteiger partial charge in [0.1, 0.15) is 6.29 Å². The fraction of sp³-hybridized carbons (Fsp3) is 0.467. The van der Waals surface area contributed by atoms with Crippen LogP contribution in [0.25, 0.3) is 0 Å². The molecule has 1 saturated heterocycles. The summed E-state index contributed by atoms with van der Waals surface area (Å²) in [5.74, 6) is 0.388. The van der Waals surface area contributed by atoms with Crippen molar-refractivity contribution < 1.29 is 4.79 Å². The number of likely N-dealkylation sites (tertiary alicyclic amines) is 1. The van der Waals surface area contributed by atoms with Crippen LogP contribution in [0.4, 0.5) is 5.95 Å². The highest BCUT2D eigenvalue weighted by atomic mass is 16.1. The first-order chi connectivity index (χ1) is 10.1. The van der Waals surface area contributed by atoms with Crippen molar-refractivity contribution in [2.24, 2.45) is 5.92 Å². The number of hydrogen-bond acceptors (Lipinski definition) is 5. The van der Waals surface area contributed by atoms with Crippen LogP contribution in [0, 0.1) is 11.3 Å². The predicted octanol–water partition coefficient (Wildman–Crippen LogP) is 1.79. The molecule has 1 aliphatic heterocycles. The first-order valence-electron chi connectivity index (χ1n) is 7.09. The van der Waals surface area contributed by atoms with Crippen molar-refractivity contribution in [2.75, 3.05) is 18.5 Å².